The zero-order valence-corrected chi connectivity index (χ0v) is 8.92. The van der Waals surface area contributed by atoms with E-state index < -0.39 is 0 Å². The van der Waals surface area contributed by atoms with Crippen molar-refractivity contribution in [2.24, 2.45) is 5.92 Å². The lowest BCUT2D eigenvalue weighted by Crippen LogP contribution is -2.58. The Labute approximate surface area is 81.7 Å². The Morgan fingerprint density at radius 1 is 1.23 bits per heavy atom. The van der Waals surface area contributed by atoms with Crippen LogP contribution in [0.4, 0.5) is 0 Å². The van der Waals surface area contributed by atoms with Crippen LogP contribution in [0.15, 0.2) is 0 Å². The summed E-state index contributed by atoms with van der Waals surface area (Å²) in [6.07, 6.45) is 5.73. The van der Waals surface area contributed by atoms with Crippen LogP contribution in [0, 0.1) is 5.92 Å². The van der Waals surface area contributed by atoms with E-state index in [0.29, 0.717) is 0 Å². The second kappa shape index (κ2) is 3.97. The van der Waals surface area contributed by atoms with E-state index in [1.54, 1.807) is 0 Å². The SMILES string of the molecule is CCC1CCC(N(C)C2CNC2)C1. The van der Waals surface area contributed by atoms with Crippen LogP contribution in [0.3, 0.4) is 0 Å². The van der Waals surface area contributed by atoms with Gasteiger partial charge in [-0.2, -0.15) is 0 Å². The van der Waals surface area contributed by atoms with Crippen molar-refractivity contribution < 1.29 is 0 Å². The smallest absolute Gasteiger partial charge is 0.0345 e. The van der Waals surface area contributed by atoms with Crippen LogP contribution < -0.4 is 5.32 Å². The molecular weight excluding hydrogens is 160 g/mol. The van der Waals surface area contributed by atoms with Crippen molar-refractivity contribution in [2.75, 3.05) is 20.1 Å². The van der Waals surface area contributed by atoms with Gasteiger partial charge in [0.2, 0.25) is 0 Å². The Morgan fingerprint density at radius 2 is 2.00 bits per heavy atom. The predicted octanol–water partition coefficient (Wildman–Crippen LogP) is 1.47. The second-order valence-electron chi connectivity index (χ2n) is 4.72. The molecule has 76 valence electrons. The van der Waals surface area contributed by atoms with Crippen molar-refractivity contribution in [3.63, 3.8) is 0 Å². The predicted molar refractivity (Wildman–Crippen MR) is 55.8 cm³/mol. The van der Waals surface area contributed by atoms with Crippen molar-refractivity contribution in [2.45, 2.75) is 44.7 Å². The number of hydrogen-bond donors (Lipinski definition) is 1. The highest BCUT2D eigenvalue weighted by atomic mass is 15.2. The van der Waals surface area contributed by atoms with E-state index in [1.807, 2.05) is 0 Å². The molecule has 2 nitrogen and oxygen atoms in total. The summed E-state index contributed by atoms with van der Waals surface area (Å²) in [5.41, 5.74) is 0. The molecule has 1 saturated carbocycles. The van der Waals surface area contributed by atoms with Gasteiger partial charge in [0.15, 0.2) is 0 Å². The van der Waals surface area contributed by atoms with Crippen molar-refractivity contribution in [3.8, 4) is 0 Å². The number of likely N-dealkylation sites (N-methyl/N-ethyl adjacent to an activating group) is 1. The molecule has 0 bridgehead atoms. The maximum absolute atomic E-state index is 3.35. The van der Waals surface area contributed by atoms with E-state index in [1.165, 1.54) is 38.8 Å². The Hall–Kier alpha value is -0.0800. The van der Waals surface area contributed by atoms with Crippen LogP contribution in [-0.4, -0.2) is 37.1 Å². The third-order valence-corrected chi connectivity index (χ3v) is 4.00. The average molecular weight is 182 g/mol. The quantitative estimate of drug-likeness (QED) is 0.711. The van der Waals surface area contributed by atoms with Crippen LogP contribution in [0.2, 0.25) is 0 Å². The standard InChI is InChI=1S/C11H22N2/c1-3-9-4-5-10(6-9)13(2)11-7-12-8-11/h9-12H,3-8H2,1-2H3. The molecule has 2 rings (SSSR count). The van der Waals surface area contributed by atoms with E-state index in [2.05, 4.69) is 24.2 Å². The number of hydrogen-bond acceptors (Lipinski definition) is 2. The van der Waals surface area contributed by atoms with E-state index in [9.17, 15) is 0 Å². The third kappa shape index (κ3) is 1.89. The second-order valence-corrected chi connectivity index (χ2v) is 4.72. The maximum Gasteiger partial charge on any atom is 0.0345 e. The van der Waals surface area contributed by atoms with Gasteiger partial charge in [-0.3, -0.25) is 4.90 Å². The topological polar surface area (TPSA) is 15.3 Å². The molecule has 0 aromatic heterocycles. The fourth-order valence-electron chi connectivity index (χ4n) is 2.65. The lowest BCUT2D eigenvalue weighted by atomic mass is 10.0. The molecule has 0 aromatic carbocycles. The summed E-state index contributed by atoms with van der Waals surface area (Å²) in [6, 6.07) is 1.72. The monoisotopic (exact) mass is 182 g/mol. The molecule has 0 amide bonds. The van der Waals surface area contributed by atoms with Crippen LogP contribution in [0.25, 0.3) is 0 Å². The van der Waals surface area contributed by atoms with E-state index in [-0.39, 0.29) is 0 Å². The molecule has 0 radical (unpaired) electrons. The molecule has 1 heterocycles. The average Bonchev–Trinajstić information content (AvgIpc) is 2.48. The van der Waals surface area contributed by atoms with E-state index >= 15 is 0 Å². The first-order valence-electron chi connectivity index (χ1n) is 5.74. The first kappa shape index (κ1) is 9.47. The number of nitrogens with one attached hydrogen (secondary N) is 1. The molecule has 1 saturated heterocycles. The fraction of sp³-hybridized carbons (Fsp3) is 1.00. The van der Waals surface area contributed by atoms with E-state index in [4.69, 9.17) is 0 Å². The van der Waals surface area contributed by atoms with Gasteiger partial charge in [-0.05, 0) is 32.2 Å². The van der Waals surface area contributed by atoms with E-state index in [0.717, 1.165) is 18.0 Å². The molecule has 1 aliphatic heterocycles. The van der Waals surface area contributed by atoms with Gasteiger partial charge < -0.3 is 5.32 Å². The Balaban J connectivity index is 1.80. The molecule has 2 aliphatic rings. The van der Waals surface area contributed by atoms with Gasteiger partial charge in [0.1, 0.15) is 0 Å². The summed E-state index contributed by atoms with van der Waals surface area (Å²) in [5, 5.41) is 3.35. The van der Waals surface area contributed by atoms with Gasteiger partial charge in [-0.1, -0.05) is 13.3 Å². The Morgan fingerprint density at radius 3 is 2.46 bits per heavy atom. The zero-order valence-electron chi connectivity index (χ0n) is 8.92. The lowest BCUT2D eigenvalue weighted by Gasteiger charge is -2.39. The largest absolute Gasteiger partial charge is 0.314 e. The fourth-order valence-corrected chi connectivity index (χ4v) is 2.65. The lowest BCUT2D eigenvalue weighted by molar-refractivity contribution is 0.127. The molecule has 13 heavy (non-hydrogen) atoms. The van der Waals surface area contributed by atoms with Crippen LogP contribution >= 0.6 is 0 Å². The summed E-state index contributed by atoms with van der Waals surface area (Å²) in [7, 11) is 2.31. The molecule has 1 N–H and O–H groups in total. The van der Waals surface area contributed by atoms with Gasteiger partial charge in [0.05, 0.1) is 0 Å². The zero-order chi connectivity index (χ0) is 9.26. The highest BCUT2D eigenvalue weighted by Crippen LogP contribution is 2.31. The molecule has 2 heteroatoms. The summed E-state index contributed by atoms with van der Waals surface area (Å²) in [5.74, 6) is 1.01. The molecular formula is C11H22N2. The normalized spacial score (nSPS) is 35.3. The van der Waals surface area contributed by atoms with Crippen LogP contribution in [0.1, 0.15) is 32.6 Å². The van der Waals surface area contributed by atoms with Gasteiger partial charge >= 0.3 is 0 Å². The minimum Gasteiger partial charge on any atom is -0.314 e. The van der Waals surface area contributed by atoms with Crippen molar-refractivity contribution in [1.82, 2.24) is 10.2 Å². The summed E-state index contributed by atoms with van der Waals surface area (Å²) in [4.78, 5) is 2.62. The summed E-state index contributed by atoms with van der Waals surface area (Å²) in [6.45, 7) is 4.76. The maximum atomic E-state index is 3.35. The first-order chi connectivity index (χ1) is 6.31. The Bertz CT molecular complexity index is 165. The van der Waals surface area contributed by atoms with Crippen LogP contribution in [0.5, 0.6) is 0 Å². The molecule has 0 aromatic rings. The van der Waals surface area contributed by atoms with Gasteiger partial charge in [-0.15, -0.1) is 0 Å². The molecule has 2 atom stereocenters. The molecule has 2 fully saturated rings. The Kier molecular flexibility index (Phi) is 2.89. The summed E-state index contributed by atoms with van der Waals surface area (Å²) >= 11 is 0. The van der Waals surface area contributed by atoms with Gasteiger partial charge in [0.25, 0.3) is 0 Å². The molecule has 0 spiro atoms. The number of rotatable bonds is 3. The van der Waals surface area contributed by atoms with Crippen molar-refractivity contribution in [3.05, 3.63) is 0 Å². The van der Waals surface area contributed by atoms with Crippen molar-refractivity contribution in [1.29, 1.82) is 0 Å². The molecule has 2 unspecified atom stereocenters. The minimum atomic E-state index is 0.834. The van der Waals surface area contributed by atoms with Gasteiger partial charge in [0, 0.05) is 25.2 Å². The third-order valence-electron chi connectivity index (χ3n) is 4.00. The number of nitrogens with zero attached hydrogens (tertiary/aromatic N) is 1. The van der Waals surface area contributed by atoms with Gasteiger partial charge in [-0.25, -0.2) is 0 Å². The first-order valence-corrected chi connectivity index (χ1v) is 5.74. The highest BCUT2D eigenvalue weighted by Gasteiger charge is 2.32. The summed E-state index contributed by atoms with van der Waals surface area (Å²) < 4.78 is 0. The minimum absolute atomic E-state index is 0.834. The van der Waals surface area contributed by atoms with Crippen molar-refractivity contribution >= 4 is 0 Å². The molecule has 1 aliphatic carbocycles. The van der Waals surface area contributed by atoms with Crippen LogP contribution in [-0.2, 0) is 0 Å². The highest BCUT2D eigenvalue weighted by molar-refractivity contribution is 4.89.